The molecule has 0 N–H and O–H groups in total. The van der Waals surface area contributed by atoms with Crippen molar-refractivity contribution in [1.29, 1.82) is 0 Å². The molecule has 356 valence electrons. The van der Waals surface area contributed by atoms with Gasteiger partial charge >= 0.3 is 0 Å². The van der Waals surface area contributed by atoms with Gasteiger partial charge in [-0.15, -0.1) is 11.3 Å². The van der Waals surface area contributed by atoms with Crippen molar-refractivity contribution in [3.8, 4) is 55.9 Å². The van der Waals surface area contributed by atoms with Crippen molar-refractivity contribution >= 4 is 115 Å². The van der Waals surface area contributed by atoms with Crippen LogP contribution in [0.2, 0.25) is 0 Å². The number of benzene rings is 12. The number of rotatable bonds is 6. The Morgan fingerprint density at radius 1 is 0.312 bits per heavy atom. The van der Waals surface area contributed by atoms with Gasteiger partial charge in [0.05, 0.1) is 32.6 Å². The van der Waals surface area contributed by atoms with Crippen LogP contribution in [0.15, 0.2) is 267 Å². The molecule has 0 unspecified atom stereocenters. The number of hydrogen-bond donors (Lipinski definition) is 0. The van der Waals surface area contributed by atoms with Crippen LogP contribution in [0.5, 0.6) is 0 Å². The van der Waals surface area contributed by atoms with Crippen LogP contribution in [0.4, 0.5) is 17.1 Å². The third-order valence-corrected chi connectivity index (χ3v) is 17.9. The zero-order valence-electron chi connectivity index (χ0n) is 41.7. The lowest BCUT2D eigenvalue weighted by atomic mass is 9.33. The summed E-state index contributed by atoms with van der Waals surface area (Å²) in [5.74, 6) is 0. The number of anilines is 3. The average molecular weight is 994 g/mol. The number of para-hydroxylation sites is 5. The van der Waals surface area contributed by atoms with Crippen molar-refractivity contribution in [2.75, 3.05) is 4.90 Å². The Morgan fingerprint density at radius 3 is 1.47 bits per heavy atom. The standard InChI is InChI=1S/C72H44BN3S/c1-3-19-45(20-4-1)47-23-15-25-49(41-47)52-31-17-32-53(50-26-16-24-48(42-50)46-21-5-2-6-22-46)69(52)76-65-40-39-51(74-62-35-11-7-27-54(62)55-28-8-12-36-63(55)74)43-61(65)73-60-34-18-33-58-56-29-9-13-37-64(56)75(70(58)60)66-44-59-57-30-10-14-38-67(57)77-72(59)71(76)68(66)73/h1-44H. The minimum absolute atomic E-state index is 0.0900. The molecule has 2 aliphatic rings. The van der Waals surface area contributed by atoms with Gasteiger partial charge in [0.15, 0.2) is 0 Å². The average Bonchev–Trinajstić information content (AvgIpc) is 4.31. The summed E-state index contributed by atoms with van der Waals surface area (Å²) in [7, 11) is 0. The molecule has 0 spiro atoms. The Labute approximate surface area is 449 Å². The first-order chi connectivity index (χ1) is 38.2. The molecule has 77 heavy (non-hydrogen) atoms. The van der Waals surface area contributed by atoms with Crippen LogP contribution in [0, 0.1) is 0 Å². The van der Waals surface area contributed by atoms with E-state index in [1.165, 1.54) is 119 Å². The van der Waals surface area contributed by atoms with Crippen LogP contribution in [0.25, 0.3) is 120 Å². The van der Waals surface area contributed by atoms with Gasteiger partial charge in [0.2, 0.25) is 0 Å². The second-order valence-corrected chi connectivity index (χ2v) is 21.8. The Hall–Kier alpha value is -9.68. The number of nitrogens with zero attached hydrogens (tertiary/aromatic N) is 3. The van der Waals surface area contributed by atoms with Crippen LogP contribution in [0.3, 0.4) is 0 Å². The summed E-state index contributed by atoms with van der Waals surface area (Å²) in [6.07, 6.45) is 0. The third kappa shape index (κ3) is 6.15. The lowest BCUT2D eigenvalue weighted by molar-refractivity contribution is 1.17. The number of thiophene rings is 1. The Morgan fingerprint density at radius 2 is 0.818 bits per heavy atom. The quantitative estimate of drug-likeness (QED) is 0.151. The van der Waals surface area contributed by atoms with Crippen molar-refractivity contribution in [2.24, 2.45) is 0 Å². The van der Waals surface area contributed by atoms with Crippen LogP contribution >= 0.6 is 11.3 Å². The maximum absolute atomic E-state index is 2.71. The van der Waals surface area contributed by atoms with Gasteiger partial charge in [0, 0.05) is 70.7 Å². The zero-order chi connectivity index (χ0) is 50.3. The lowest BCUT2D eigenvalue weighted by Gasteiger charge is -2.42. The van der Waals surface area contributed by atoms with Gasteiger partial charge in [0.25, 0.3) is 6.71 Å². The first kappa shape index (κ1) is 42.7. The fraction of sp³-hybridized carbons (Fsp3) is 0. The zero-order valence-corrected chi connectivity index (χ0v) is 42.5. The summed E-state index contributed by atoms with van der Waals surface area (Å²) in [4.78, 5) is 2.71. The molecule has 0 bridgehead atoms. The molecular weight excluding hydrogens is 950 g/mol. The first-order valence-electron chi connectivity index (χ1n) is 26.6. The minimum atomic E-state index is -0.0900. The van der Waals surface area contributed by atoms with Crippen molar-refractivity contribution in [2.45, 2.75) is 0 Å². The van der Waals surface area contributed by atoms with Crippen LogP contribution in [0.1, 0.15) is 0 Å². The Bertz CT molecular complexity index is 4790. The van der Waals surface area contributed by atoms with Crippen molar-refractivity contribution < 1.29 is 0 Å². The van der Waals surface area contributed by atoms with E-state index < -0.39 is 0 Å². The molecule has 17 rings (SSSR count). The topological polar surface area (TPSA) is 13.1 Å². The SMILES string of the molecule is c1ccc(-c2cccc(-c3cccc(-c4cccc(-c5ccccc5)c4)c3N3c4ccc(-n5c6ccccc6c6ccccc65)cc4B4c5c(cc6c(sc7ccccc76)c53)-n3c5ccccc5c5cccc4c53)c2)cc1. The largest absolute Gasteiger partial charge is 0.310 e. The number of fused-ring (bicyclic) bond motifs is 14. The molecule has 2 aliphatic heterocycles. The van der Waals surface area contributed by atoms with E-state index >= 15 is 0 Å². The predicted molar refractivity (Wildman–Crippen MR) is 329 cm³/mol. The first-order valence-corrected chi connectivity index (χ1v) is 27.4. The van der Waals surface area contributed by atoms with E-state index in [1.807, 2.05) is 11.3 Å². The maximum Gasteiger partial charge on any atom is 0.252 e. The van der Waals surface area contributed by atoms with Crippen LogP contribution in [-0.2, 0) is 0 Å². The predicted octanol–water partition coefficient (Wildman–Crippen LogP) is 17.5. The van der Waals surface area contributed by atoms with E-state index in [0.29, 0.717) is 0 Å². The molecular formula is C72H44BN3S. The molecule has 0 saturated carbocycles. The molecule has 12 aromatic carbocycles. The smallest absolute Gasteiger partial charge is 0.252 e. The monoisotopic (exact) mass is 993 g/mol. The molecule has 0 aliphatic carbocycles. The van der Waals surface area contributed by atoms with Crippen molar-refractivity contribution in [3.63, 3.8) is 0 Å². The molecule has 5 heteroatoms. The maximum atomic E-state index is 2.71. The fourth-order valence-corrected chi connectivity index (χ4v) is 14.7. The lowest BCUT2D eigenvalue weighted by Crippen LogP contribution is -2.60. The highest BCUT2D eigenvalue weighted by atomic mass is 32.1. The van der Waals surface area contributed by atoms with Gasteiger partial charge in [-0.2, -0.15) is 0 Å². The third-order valence-electron chi connectivity index (χ3n) is 16.7. The summed E-state index contributed by atoms with van der Waals surface area (Å²) in [6.45, 7) is -0.0900. The van der Waals surface area contributed by atoms with Crippen molar-refractivity contribution in [3.05, 3.63) is 267 Å². The van der Waals surface area contributed by atoms with Gasteiger partial charge in [-0.25, -0.2) is 0 Å². The highest BCUT2D eigenvalue weighted by Crippen LogP contribution is 2.53. The van der Waals surface area contributed by atoms with E-state index in [0.717, 1.165) is 33.6 Å². The highest BCUT2D eigenvalue weighted by molar-refractivity contribution is 7.26. The molecule has 0 atom stereocenters. The summed E-state index contributed by atoms with van der Waals surface area (Å²) in [5, 5.41) is 7.61. The summed E-state index contributed by atoms with van der Waals surface area (Å²) < 4.78 is 7.67. The van der Waals surface area contributed by atoms with E-state index in [4.69, 9.17) is 0 Å². The second-order valence-electron chi connectivity index (χ2n) is 20.7. The van der Waals surface area contributed by atoms with E-state index in [1.54, 1.807) is 0 Å². The van der Waals surface area contributed by atoms with Crippen LogP contribution < -0.4 is 21.3 Å². The molecule has 0 radical (unpaired) electrons. The second kappa shape index (κ2) is 16.4. The van der Waals surface area contributed by atoms with Gasteiger partial charge in [-0.05, 0) is 110 Å². The molecule has 3 nitrogen and oxygen atoms in total. The fourth-order valence-electron chi connectivity index (χ4n) is 13.5. The molecule has 0 saturated heterocycles. The molecule has 3 aromatic heterocycles. The van der Waals surface area contributed by atoms with Gasteiger partial charge in [-0.1, -0.05) is 206 Å². The van der Waals surface area contributed by atoms with Gasteiger partial charge in [0.1, 0.15) is 0 Å². The molecule has 0 fully saturated rings. The summed E-state index contributed by atoms with van der Waals surface area (Å²) in [6, 6.07) is 99.8. The number of aromatic nitrogens is 2. The minimum Gasteiger partial charge on any atom is -0.310 e. The van der Waals surface area contributed by atoms with Gasteiger partial charge in [-0.3, -0.25) is 0 Å². The molecule has 15 aromatic rings. The van der Waals surface area contributed by atoms with Gasteiger partial charge < -0.3 is 14.0 Å². The molecule has 0 amide bonds. The highest BCUT2D eigenvalue weighted by Gasteiger charge is 2.44. The Balaban J connectivity index is 1.05. The van der Waals surface area contributed by atoms with E-state index in [2.05, 4.69) is 281 Å². The molecule has 5 heterocycles. The van der Waals surface area contributed by atoms with Crippen LogP contribution in [-0.4, -0.2) is 15.8 Å². The number of hydrogen-bond acceptors (Lipinski definition) is 2. The van der Waals surface area contributed by atoms with E-state index in [-0.39, 0.29) is 6.71 Å². The van der Waals surface area contributed by atoms with E-state index in [9.17, 15) is 0 Å². The summed E-state index contributed by atoms with van der Waals surface area (Å²) >= 11 is 1.93. The van der Waals surface area contributed by atoms with Crippen molar-refractivity contribution in [1.82, 2.24) is 9.13 Å². The summed E-state index contributed by atoms with van der Waals surface area (Å²) in [5.41, 5.74) is 24.2. The normalized spacial score (nSPS) is 12.6. The Kier molecular flexibility index (Phi) is 9.09.